The van der Waals surface area contributed by atoms with Gasteiger partial charge in [-0.25, -0.2) is 0 Å². The first-order valence-electron chi connectivity index (χ1n) is 5.67. The van der Waals surface area contributed by atoms with Gasteiger partial charge in [0, 0.05) is 29.8 Å². The van der Waals surface area contributed by atoms with Gasteiger partial charge in [0.05, 0.1) is 0 Å². The van der Waals surface area contributed by atoms with Gasteiger partial charge in [0.15, 0.2) is 5.44 Å². The van der Waals surface area contributed by atoms with Gasteiger partial charge in [0.1, 0.15) is 5.69 Å². The summed E-state index contributed by atoms with van der Waals surface area (Å²) in [4.78, 5) is 12.2. The van der Waals surface area contributed by atoms with Gasteiger partial charge in [-0.2, -0.15) is 5.10 Å². The van der Waals surface area contributed by atoms with Gasteiger partial charge in [-0.15, -0.1) is 0 Å². The van der Waals surface area contributed by atoms with Crippen LogP contribution in [0.5, 0.6) is 0 Å². The summed E-state index contributed by atoms with van der Waals surface area (Å²) in [6.07, 6.45) is 0. The first-order chi connectivity index (χ1) is 9.51. The second-order valence-electron chi connectivity index (χ2n) is 4.18. The van der Waals surface area contributed by atoms with E-state index in [1.807, 2.05) is 0 Å². The molecule has 3 rings (SSSR count). The molecule has 104 valence electrons. The van der Waals surface area contributed by atoms with Gasteiger partial charge < -0.3 is 9.05 Å². The molecule has 0 bridgehead atoms. The topological polar surface area (TPSA) is 81.3 Å². The van der Waals surface area contributed by atoms with Crippen molar-refractivity contribution in [2.45, 2.75) is 0 Å². The number of halogens is 1. The van der Waals surface area contributed by atoms with Crippen molar-refractivity contribution in [1.29, 1.82) is 0 Å². The largest absolute Gasteiger partial charge is 0.379 e. The smallest absolute Gasteiger partial charge is 0.308 e. The van der Waals surface area contributed by atoms with Crippen LogP contribution in [0, 0.1) is 0 Å². The highest BCUT2D eigenvalue weighted by molar-refractivity contribution is 9.10. The number of aromatic nitrogens is 2. The van der Waals surface area contributed by atoms with Crippen LogP contribution in [0.2, 0.25) is 0 Å². The van der Waals surface area contributed by atoms with Crippen LogP contribution in [0.1, 0.15) is 16.1 Å². The number of nitrogens with zero attached hydrogens (tertiary/aromatic N) is 1. The van der Waals surface area contributed by atoms with Gasteiger partial charge in [0.2, 0.25) is 5.78 Å². The van der Waals surface area contributed by atoms with E-state index in [0.29, 0.717) is 16.7 Å². The van der Waals surface area contributed by atoms with Crippen molar-refractivity contribution in [2.75, 3.05) is 14.2 Å². The van der Waals surface area contributed by atoms with E-state index in [0.717, 1.165) is 4.47 Å². The molecule has 20 heavy (non-hydrogen) atoms. The molecule has 0 saturated carbocycles. The minimum atomic E-state index is -3.51. The van der Waals surface area contributed by atoms with Crippen molar-refractivity contribution in [3.63, 3.8) is 0 Å². The second-order valence-corrected chi connectivity index (χ2v) is 7.27. The summed E-state index contributed by atoms with van der Waals surface area (Å²) in [5.74, 6) is -0.205. The number of ketones is 1. The average Bonchev–Trinajstić information content (AvgIpc) is 3.00. The Bertz CT molecular complexity index is 763. The monoisotopic (exact) mass is 356 g/mol. The third-order valence-electron chi connectivity index (χ3n) is 3.21. The maximum Gasteiger partial charge on any atom is 0.379 e. The molecule has 0 saturated heterocycles. The molecule has 1 aliphatic rings. The van der Waals surface area contributed by atoms with Gasteiger partial charge in [-0.1, -0.05) is 15.9 Å². The standard InChI is InChI=1S/C12H10BrN2O4P/c1-18-20(17,19-2)12-9-8-5-6(13)3-4-7(8)11(16)10(9)14-15-12/h3-5H,1-2H3,(H,14,15). The highest BCUT2D eigenvalue weighted by atomic mass is 79.9. The summed E-state index contributed by atoms with van der Waals surface area (Å²) in [6, 6.07) is 5.27. The fourth-order valence-corrected chi connectivity index (χ4v) is 3.80. The number of rotatable bonds is 3. The zero-order chi connectivity index (χ0) is 14.5. The van der Waals surface area contributed by atoms with Crippen molar-refractivity contribution >= 4 is 34.7 Å². The Labute approximate surface area is 123 Å². The van der Waals surface area contributed by atoms with Crippen molar-refractivity contribution in [1.82, 2.24) is 10.2 Å². The molecule has 0 fully saturated rings. The summed E-state index contributed by atoms with van der Waals surface area (Å²) < 4.78 is 23.3. The molecule has 0 unspecified atom stereocenters. The lowest BCUT2D eigenvalue weighted by Crippen LogP contribution is -2.11. The van der Waals surface area contributed by atoms with E-state index in [1.54, 1.807) is 18.2 Å². The zero-order valence-corrected chi connectivity index (χ0v) is 13.1. The van der Waals surface area contributed by atoms with Crippen LogP contribution in [0.15, 0.2) is 22.7 Å². The highest BCUT2D eigenvalue weighted by Crippen LogP contribution is 2.49. The van der Waals surface area contributed by atoms with Crippen LogP contribution in [-0.4, -0.2) is 30.2 Å². The van der Waals surface area contributed by atoms with Crippen LogP contribution >= 0.6 is 23.5 Å². The minimum absolute atomic E-state index is 0.197. The fraction of sp³-hybridized carbons (Fsp3) is 0.167. The van der Waals surface area contributed by atoms with Crippen molar-refractivity contribution < 1.29 is 18.4 Å². The lowest BCUT2D eigenvalue weighted by molar-refractivity contribution is 0.103. The number of fused-ring (bicyclic) bond motifs is 3. The number of carbonyl (C=O) groups excluding carboxylic acids is 1. The summed E-state index contributed by atoms with van der Waals surface area (Å²) in [7, 11) is -0.934. The first kappa shape index (κ1) is 13.7. The van der Waals surface area contributed by atoms with Crippen LogP contribution in [0.3, 0.4) is 0 Å². The molecule has 1 aliphatic carbocycles. The highest BCUT2D eigenvalue weighted by Gasteiger charge is 2.39. The lowest BCUT2D eigenvalue weighted by Gasteiger charge is -2.13. The number of H-pyrrole nitrogens is 1. The van der Waals surface area contributed by atoms with E-state index in [9.17, 15) is 9.36 Å². The number of hydrogen-bond acceptors (Lipinski definition) is 5. The van der Waals surface area contributed by atoms with Crippen LogP contribution in [-0.2, 0) is 13.6 Å². The zero-order valence-electron chi connectivity index (χ0n) is 10.6. The summed E-state index contributed by atoms with van der Waals surface area (Å²) in [5, 5.41) is 6.57. The molecule has 0 atom stereocenters. The molecule has 0 radical (unpaired) electrons. The molecule has 2 aromatic rings. The molecular weight excluding hydrogens is 347 g/mol. The number of nitrogens with one attached hydrogen (secondary N) is 1. The van der Waals surface area contributed by atoms with Gasteiger partial charge in [0.25, 0.3) is 0 Å². The van der Waals surface area contributed by atoms with Crippen molar-refractivity contribution in [3.8, 4) is 11.1 Å². The number of benzene rings is 1. The van der Waals surface area contributed by atoms with E-state index < -0.39 is 7.60 Å². The lowest BCUT2D eigenvalue weighted by atomic mass is 10.1. The summed E-state index contributed by atoms with van der Waals surface area (Å²) >= 11 is 3.36. The van der Waals surface area contributed by atoms with Crippen LogP contribution in [0.4, 0.5) is 0 Å². The van der Waals surface area contributed by atoms with Gasteiger partial charge in [-0.3, -0.25) is 14.5 Å². The summed E-state index contributed by atoms with van der Waals surface area (Å²) in [6.45, 7) is 0. The Kier molecular flexibility index (Phi) is 3.17. The van der Waals surface area contributed by atoms with Gasteiger partial charge >= 0.3 is 7.60 Å². The predicted octanol–water partition coefficient (Wildman–Crippen LogP) is 2.49. The Balaban J connectivity index is 2.31. The van der Waals surface area contributed by atoms with E-state index in [4.69, 9.17) is 9.05 Å². The molecular formula is C12H10BrN2O4P. The van der Waals surface area contributed by atoms with Crippen LogP contribution < -0.4 is 5.44 Å². The minimum Gasteiger partial charge on any atom is -0.308 e. The normalized spacial score (nSPS) is 13.4. The van der Waals surface area contributed by atoms with Crippen molar-refractivity contribution in [3.05, 3.63) is 33.9 Å². The third-order valence-corrected chi connectivity index (χ3v) is 5.54. The molecule has 0 amide bonds. The third kappa shape index (κ3) is 1.74. The summed E-state index contributed by atoms with van der Waals surface area (Å²) in [5.41, 5.74) is 2.11. The maximum atomic E-state index is 12.5. The van der Waals surface area contributed by atoms with Crippen molar-refractivity contribution in [2.24, 2.45) is 0 Å². The number of hydrogen-bond donors (Lipinski definition) is 1. The van der Waals surface area contributed by atoms with E-state index in [2.05, 4.69) is 26.1 Å². The Morgan fingerprint density at radius 3 is 2.60 bits per heavy atom. The maximum absolute atomic E-state index is 12.5. The molecule has 1 aromatic carbocycles. The Hall–Kier alpha value is -1.27. The average molecular weight is 357 g/mol. The number of carbonyl (C=O) groups is 1. The molecule has 1 N–H and O–H groups in total. The van der Waals surface area contributed by atoms with Gasteiger partial charge in [-0.05, 0) is 23.8 Å². The van der Waals surface area contributed by atoms with E-state index >= 15 is 0 Å². The van der Waals surface area contributed by atoms with Crippen LogP contribution in [0.25, 0.3) is 11.1 Å². The first-order valence-corrected chi connectivity index (χ1v) is 8.00. The van der Waals surface area contributed by atoms with E-state index in [1.165, 1.54) is 14.2 Å². The molecule has 8 heteroatoms. The quantitative estimate of drug-likeness (QED) is 0.729. The van der Waals surface area contributed by atoms with E-state index in [-0.39, 0.29) is 16.9 Å². The number of aromatic amines is 1. The Morgan fingerprint density at radius 1 is 1.25 bits per heavy atom. The molecule has 1 aromatic heterocycles. The predicted molar refractivity (Wildman–Crippen MR) is 76.4 cm³/mol. The second kappa shape index (κ2) is 4.63. The fourth-order valence-electron chi connectivity index (χ4n) is 2.26. The Morgan fingerprint density at radius 2 is 1.95 bits per heavy atom. The molecule has 1 heterocycles. The molecule has 6 nitrogen and oxygen atoms in total. The SMILES string of the molecule is COP(=O)(OC)c1[nH]nc2c1-c1cc(Br)ccc1C2=O. The molecule has 0 spiro atoms. The molecule has 0 aliphatic heterocycles.